The molecule has 2 aliphatic heterocycles. The number of piperazine rings is 1. The Kier molecular flexibility index (Phi) is 5.21. The minimum atomic E-state index is -0.208. The molecule has 144 valence electrons. The third-order valence-electron chi connectivity index (χ3n) is 4.82. The Balaban J connectivity index is 1.41. The van der Waals surface area contributed by atoms with Crippen LogP contribution in [0.3, 0.4) is 0 Å². The number of carbonyl (C=O) groups is 3. The van der Waals surface area contributed by atoms with Gasteiger partial charge in [-0.3, -0.25) is 14.4 Å². The lowest BCUT2D eigenvalue weighted by Gasteiger charge is -2.35. The minimum Gasteiger partial charge on any atom is -0.482 e. The van der Waals surface area contributed by atoms with Crippen molar-refractivity contribution in [2.75, 3.05) is 38.1 Å². The standard InChI is InChI=1S/C20H18IN3O4/c21-15-4-2-1-3-14(15)20(27)24-9-7-23(8-10-24)19(26)13-5-6-16-17(11-13)28-12-18(25)22-16/h1-6,11H,7-10,12H2,(H,22,25). The van der Waals surface area contributed by atoms with Crippen LogP contribution in [0, 0.1) is 3.57 Å². The van der Waals surface area contributed by atoms with Gasteiger partial charge in [-0.15, -0.1) is 0 Å². The van der Waals surface area contributed by atoms with Crippen LogP contribution >= 0.6 is 22.6 Å². The first-order valence-electron chi connectivity index (χ1n) is 8.93. The average molecular weight is 491 g/mol. The molecule has 2 aromatic carbocycles. The lowest BCUT2D eigenvalue weighted by molar-refractivity contribution is -0.118. The quantitative estimate of drug-likeness (QED) is 0.654. The number of halogens is 1. The van der Waals surface area contributed by atoms with Crippen LogP contribution in [0.25, 0.3) is 0 Å². The fraction of sp³-hybridized carbons (Fsp3) is 0.250. The Hall–Kier alpha value is -2.62. The molecule has 0 bridgehead atoms. The van der Waals surface area contributed by atoms with Crippen molar-refractivity contribution in [1.82, 2.24) is 9.80 Å². The van der Waals surface area contributed by atoms with Crippen LogP contribution in [-0.4, -0.2) is 60.3 Å². The number of ether oxygens (including phenoxy) is 1. The van der Waals surface area contributed by atoms with Gasteiger partial charge >= 0.3 is 0 Å². The summed E-state index contributed by atoms with van der Waals surface area (Å²) in [5.74, 6) is 0.179. The molecule has 0 aromatic heterocycles. The van der Waals surface area contributed by atoms with E-state index in [0.717, 1.165) is 3.57 Å². The highest BCUT2D eigenvalue weighted by Gasteiger charge is 2.27. The second-order valence-electron chi connectivity index (χ2n) is 6.61. The smallest absolute Gasteiger partial charge is 0.262 e. The maximum Gasteiger partial charge on any atom is 0.262 e. The van der Waals surface area contributed by atoms with E-state index in [2.05, 4.69) is 27.9 Å². The maximum atomic E-state index is 12.8. The van der Waals surface area contributed by atoms with Gasteiger partial charge in [0.05, 0.1) is 11.3 Å². The van der Waals surface area contributed by atoms with E-state index >= 15 is 0 Å². The van der Waals surface area contributed by atoms with Crippen molar-refractivity contribution in [3.8, 4) is 5.75 Å². The monoisotopic (exact) mass is 491 g/mol. The zero-order chi connectivity index (χ0) is 19.7. The van der Waals surface area contributed by atoms with Crippen LogP contribution in [0.1, 0.15) is 20.7 Å². The molecule has 28 heavy (non-hydrogen) atoms. The van der Waals surface area contributed by atoms with Gasteiger partial charge in [-0.2, -0.15) is 0 Å². The summed E-state index contributed by atoms with van der Waals surface area (Å²) < 4.78 is 6.31. The van der Waals surface area contributed by atoms with Gasteiger partial charge in [-0.1, -0.05) is 12.1 Å². The second kappa shape index (κ2) is 7.78. The van der Waals surface area contributed by atoms with Crippen LogP contribution in [0.5, 0.6) is 5.75 Å². The van der Waals surface area contributed by atoms with Gasteiger partial charge in [0.25, 0.3) is 17.7 Å². The molecular weight excluding hydrogens is 473 g/mol. The minimum absolute atomic E-state index is 0.00461. The molecule has 2 heterocycles. The molecule has 1 N–H and O–H groups in total. The molecule has 0 radical (unpaired) electrons. The van der Waals surface area contributed by atoms with E-state index in [1.807, 2.05) is 24.3 Å². The van der Waals surface area contributed by atoms with Crippen molar-refractivity contribution in [1.29, 1.82) is 0 Å². The Labute approximate surface area is 175 Å². The first kappa shape index (κ1) is 18.7. The molecule has 4 rings (SSSR count). The second-order valence-corrected chi connectivity index (χ2v) is 7.77. The third-order valence-corrected chi connectivity index (χ3v) is 5.76. The third kappa shape index (κ3) is 3.68. The van der Waals surface area contributed by atoms with Crippen molar-refractivity contribution < 1.29 is 19.1 Å². The lowest BCUT2D eigenvalue weighted by Crippen LogP contribution is -2.50. The molecule has 2 aromatic rings. The molecule has 0 spiro atoms. The van der Waals surface area contributed by atoms with Gasteiger partial charge in [0.15, 0.2) is 6.61 Å². The zero-order valence-corrected chi connectivity index (χ0v) is 17.1. The zero-order valence-electron chi connectivity index (χ0n) is 15.0. The summed E-state index contributed by atoms with van der Waals surface area (Å²) in [6.45, 7) is 1.88. The van der Waals surface area contributed by atoms with Crippen LogP contribution in [0.4, 0.5) is 5.69 Å². The normalized spacial score (nSPS) is 16.1. The number of benzene rings is 2. The van der Waals surface area contributed by atoms with Gasteiger partial charge in [0.2, 0.25) is 0 Å². The number of hydrogen-bond donors (Lipinski definition) is 1. The van der Waals surface area contributed by atoms with E-state index in [9.17, 15) is 14.4 Å². The predicted molar refractivity (Wildman–Crippen MR) is 112 cm³/mol. The van der Waals surface area contributed by atoms with E-state index < -0.39 is 0 Å². The number of fused-ring (bicyclic) bond motifs is 1. The molecule has 1 saturated heterocycles. The van der Waals surface area contributed by atoms with Gasteiger partial charge in [-0.05, 0) is 52.9 Å². The number of anilines is 1. The van der Waals surface area contributed by atoms with Crippen molar-refractivity contribution in [2.45, 2.75) is 0 Å². The van der Waals surface area contributed by atoms with Crippen molar-refractivity contribution in [2.24, 2.45) is 0 Å². The van der Waals surface area contributed by atoms with Crippen LogP contribution < -0.4 is 10.1 Å². The number of rotatable bonds is 2. The number of nitrogens with zero attached hydrogens (tertiary/aromatic N) is 2. The lowest BCUT2D eigenvalue weighted by atomic mass is 10.1. The number of nitrogens with one attached hydrogen (secondary N) is 1. The van der Waals surface area contributed by atoms with Crippen molar-refractivity contribution >= 4 is 46.0 Å². The molecule has 0 atom stereocenters. The summed E-state index contributed by atoms with van der Waals surface area (Å²) in [5.41, 5.74) is 1.77. The van der Waals surface area contributed by atoms with E-state index in [4.69, 9.17) is 4.74 Å². The Bertz CT molecular complexity index is 954. The van der Waals surface area contributed by atoms with Crippen LogP contribution in [0.2, 0.25) is 0 Å². The summed E-state index contributed by atoms with van der Waals surface area (Å²) in [4.78, 5) is 40.4. The Morgan fingerprint density at radius 2 is 1.64 bits per heavy atom. The highest BCUT2D eigenvalue weighted by Crippen LogP contribution is 2.29. The summed E-state index contributed by atoms with van der Waals surface area (Å²) in [7, 11) is 0. The van der Waals surface area contributed by atoms with Gasteiger partial charge < -0.3 is 19.9 Å². The largest absolute Gasteiger partial charge is 0.482 e. The SMILES string of the molecule is O=C1COc2cc(C(=O)N3CCN(C(=O)c4ccccc4I)CC3)ccc2N1. The molecule has 0 unspecified atom stereocenters. The Morgan fingerprint density at radius 1 is 0.964 bits per heavy atom. The fourth-order valence-corrected chi connectivity index (χ4v) is 3.93. The molecule has 1 fully saturated rings. The topological polar surface area (TPSA) is 79.0 Å². The molecule has 3 amide bonds. The van der Waals surface area contributed by atoms with Crippen molar-refractivity contribution in [3.05, 3.63) is 57.2 Å². The predicted octanol–water partition coefficient (Wildman–Crippen LogP) is 2.22. The molecule has 0 aliphatic carbocycles. The van der Waals surface area contributed by atoms with E-state index in [1.54, 1.807) is 28.0 Å². The molecular formula is C20H18IN3O4. The first-order chi connectivity index (χ1) is 13.5. The van der Waals surface area contributed by atoms with Gasteiger partial charge in [-0.25, -0.2) is 0 Å². The van der Waals surface area contributed by atoms with Gasteiger partial charge in [0.1, 0.15) is 5.75 Å². The van der Waals surface area contributed by atoms with Crippen LogP contribution in [0.15, 0.2) is 42.5 Å². The first-order valence-corrected chi connectivity index (χ1v) is 10.0. The average Bonchev–Trinajstić information content (AvgIpc) is 2.73. The Morgan fingerprint density at radius 3 is 2.36 bits per heavy atom. The highest BCUT2D eigenvalue weighted by atomic mass is 127. The van der Waals surface area contributed by atoms with Crippen LogP contribution in [-0.2, 0) is 4.79 Å². The molecule has 0 saturated carbocycles. The summed E-state index contributed by atoms with van der Waals surface area (Å²) in [5, 5.41) is 2.71. The number of amides is 3. The number of hydrogen-bond acceptors (Lipinski definition) is 4. The summed E-state index contributed by atoms with van der Waals surface area (Å²) in [6.07, 6.45) is 0. The molecule has 7 nitrogen and oxygen atoms in total. The van der Waals surface area contributed by atoms with Gasteiger partial charge in [0, 0.05) is 35.3 Å². The fourth-order valence-electron chi connectivity index (χ4n) is 3.31. The van der Waals surface area contributed by atoms with Crippen molar-refractivity contribution in [3.63, 3.8) is 0 Å². The highest BCUT2D eigenvalue weighted by molar-refractivity contribution is 14.1. The summed E-state index contributed by atoms with van der Waals surface area (Å²) >= 11 is 2.16. The molecule has 8 heteroatoms. The van der Waals surface area contributed by atoms with E-state index in [-0.39, 0.29) is 24.3 Å². The van der Waals surface area contributed by atoms with E-state index in [0.29, 0.717) is 48.7 Å². The number of carbonyl (C=O) groups excluding carboxylic acids is 3. The summed E-state index contributed by atoms with van der Waals surface area (Å²) in [6, 6.07) is 12.5. The molecule has 2 aliphatic rings. The maximum absolute atomic E-state index is 12.8. The van der Waals surface area contributed by atoms with E-state index in [1.165, 1.54) is 0 Å².